The highest BCUT2D eigenvalue weighted by Gasteiger charge is 2.14. The van der Waals surface area contributed by atoms with Gasteiger partial charge in [0.15, 0.2) is 5.78 Å². The van der Waals surface area contributed by atoms with E-state index in [0.29, 0.717) is 5.56 Å². The SMILES string of the molecule is CN1CCN(Cc2ccc(C(=O)c3cccc(Br)c3)cc2)CC1. The molecule has 0 unspecified atom stereocenters. The van der Waals surface area contributed by atoms with Crippen LogP contribution in [0.3, 0.4) is 0 Å². The maximum atomic E-state index is 12.5. The maximum Gasteiger partial charge on any atom is 0.193 e. The van der Waals surface area contributed by atoms with Gasteiger partial charge in [-0.15, -0.1) is 0 Å². The van der Waals surface area contributed by atoms with Crippen molar-refractivity contribution in [2.75, 3.05) is 33.2 Å². The summed E-state index contributed by atoms with van der Waals surface area (Å²) < 4.78 is 0.926. The van der Waals surface area contributed by atoms with Crippen LogP contribution in [0.5, 0.6) is 0 Å². The van der Waals surface area contributed by atoms with Crippen LogP contribution in [0.15, 0.2) is 53.0 Å². The van der Waals surface area contributed by atoms with Crippen molar-refractivity contribution in [3.63, 3.8) is 0 Å². The zero-order chi connectivity index (χ0) is 16.2. The quantitative estimate of drug-likeness (QED) is 0.768. The van der Waals surface area contributed by atoms with Crippen molar-refractivity contribution in [2.45, 2.75) is 6.54 Å². The first-order valence-corrected chi connectivity index (χ1v) is 8.71. The third kappa shape index (κ3) is 4.28. The molecular weight excluding hydrogens is 352 g/mol. The number of nitrogens with zero attached hydrogens (tertiary/aromatic N) is 2. The number of likely N-dealkylation sites (N-methyl/N-ethyl adjacent to an activating group) is 1. The largest absolute Gasteiger partial charge is 0.304 e. The van der Waals surface area contributed by atoms with Crippen molar-refractivity contribution >= 4 is 21.7 Å². The molecule has 0 spiro atoms. The number of hydrogen-bond acceptors (Lipinski definition) is 3. The molecule has 120 valence electrons. The van der Waals surface area contributed by atoms with Gasteiger partial charge in [0.2, 0.25) is 0 Å². The number of ketones is 1. The molecule has 0 aromatic heterocycles. The van der Waals surface area contributed by atoms with Crippen molar-refractivity contribution in [3.8, 4) is 0 Å². The Bertz CT molecular complexity index is 676. The fourth-order valence-electron chi connectivity index (χ4n) is 2.82. The number of carbonyl (C=O) groups excluding carboxylic acids is 1. The standard InChI is InChI=1S/C19H21BrN2O/c1-21-9-11-22(12-10-21)14-15-5-7-16(8-6-15)19(23)17-3-2-4-18(20)13-17/h2-8,13H,9-12,14H2,1H3. The van der Waals surface area contributed by atoms with Crippen LogP contribution in [0.4, 0.5) is 0 Å². The number of benzene rings is 2. The molecule has 3 rings (SSSR count). The topological polar surface area (TPSA) is 23.6 Å². The maximum absolute atomic E-state index is 12.5. The fourth-order valence-corrected chi connectivity index (χ4v) is 3.22. The minimum Gasteiger partial charge on any atom is -0.304 e. The van der Waals surface area contributed by atoms with Gasteiger partial charge in [-0.3, -0.25) is 9.69 Å². The van der Waals surface area contributed by atoms with Crippen LogP contribution in [0, 0.1) is 0 Å². The van der Waals surface area contributed by atoms with Crippen LogP contribution in [-0.2, 0) is 6.54 Å². The van der Waals surface area contributed by atoms with Gasteiger partial charge in [0, 0.05) is 48.3 Å². The van der Waals surface area contributed by atoms with Gasteiger partial charge in [-0.25, -0.2) is 0 Å². The molecule has 1 saturated heterocycles. The second kappa shape index (κ2) is 7.39. The fraction of sp³-hybridized carbons (Fsp3) is 0.316. The molecule has 0 saturated carbocycles. The molecule has 2 aromatic carbocycles. The van der Waals surface area contributed by atoms with Gasteiger partial charge in [-0.1, -0.05) is 52.3 Å². The summed E-state index contributed by atoms with van der Waals surface area (Å²) in [5, 5.41) is 0. The van der Waals surface area contributed by atoms with Crippen LogP contribution >= 0.6 is 15.9 Å². The third-order valence-electron chi connectivity index (χ3n) is 4.31. The molecule has 1 heterocycles. The molecule has 0 bridgehead atoms. The summed E-state index contributed by atoms with van der Waals surface area (Å²) in [5.74, 6) is 0.0671. The summed E-state index contributed by atoms with van der Waals surface area (Å²) >= 11 is 3.41. The highest BCUT2D eigenvalue weighted by molar-refractivity contribution is 9.10. The van der Waals surface area contributed by atoms with Crippen LogP contribution in [0.25, 0.3) is 0 Å². The van der Waals surface area contributed by atoms with Gasteiger partial charge < -0.3 is 4.90 Å². The van der Waals surface area contributed by atoms with Gasteiger partial charge in [-0.05, 0) is 24.7 Å². The van der Waals surface area contributed by atoms with E-state index in [9.17, 15) is 4.79 Å². The molecule has 0 radical (unpaired) electrons. The summed E-state index contributed by atoms with van der Waals surface area (Å²) in [5.41, 5.74) is 2.72. The van der Waals surface area contributed by atoms with E-state index >= 15 is 0 Å². The summed E-state index contributed by atoms with van der Waals surface area (Å²) in [7, 11) is 2.17. The number of halogens is 1. The first-order chi connectivity index (χ1) is 11.1. The third-order valence-corrected chi connectivity index (χ3v) is 4.80. The zero-order valence-electron chi connectivity index (χ0n) is 13.3. The molecule has 0 aliphatic carbocycles. The van der Waals surface area contributed by atoms with Crippen molar-refractivity contribution in [2.24, 2.45) is 0 Å². The molecule has 0 atom stereocenters. The Hall–Kier alpha value is -1.49. The van der Waals surface area contributed by atoms with Gasteiger partial charge in [0.25, 0.3) is 0 Å². The number of hydrogen-bond donors (Lipinski definition) is 0. The van der Waals surface area contributed by atoms with E-state index in [-0.39, 0.29) is 5.78 Å². The lowest BCUT2D eigenvalue weighted by Gasteiger charge is -2.32. The molecule has 2 aromatic rings. The van der Waals surface area contributed by atoms with Crippen molar-refractivity contribution in [1.82, 2.24) is 9.80 Å². The predicted molar refractivity (Wildman–Crippen MR) is 96.8 cm³/mol. The van der Waals surface area contributed by atoms with Gasteiger partial charge in [0.05, 0.1) is 0 Å². The summed E-state index contributed by atoms with van der Waals surface area (Å²) in [6.45, 7) is 5.42. The average molecular weight is 373 g/mol. The summed E-state index contributed by atoms with van der Waals surface area (Å²) in [4.78, 5) is 17.3. The lowest BCUT2D eigenvalue weighted by Crippen LogP contribution is -2.43. The molecule has 1 aliphatic rings. The molecule has 0 N–H and O–H groups in total. The van der Waals surface area contributed by atoms with E-state index in [2.05, 4.69) is 44.9 Å². The number of carbonyl (C=O) groups is 1. The minimum atomic E-state index is 0.0671. The Kier molecular flexibility index (Phi) is 5.26. The van der Waals surface area contributed by atoms with E-state index in [1.807, 2.05) is 36.4 Å². The van der Waals surface area contributed by atoms with Crippen LogP contribution in [-0.4, -0.2) is 48.8 Å². The number of piperazine rings is 1. The molecule has 4 heteroatoms. The van der Waals surface area contributed by atoms with E-state index < -0.39 is 0 Å². The highest BCUT2D eigenvalue weighted by atomic mass is 79.9. The van der Waals surface area contributed by atoms with E-state index in [0.717, 1.165) is 42.8 Å². The lowest BCUT2D eigenvalue weighted by molar-refractivity contribution is 0.103. The lowest BCUT2D eigenvalue weighted by atomic mass is 10.0. The molecule has 23 heavy (non-hydrogen) atoms. The first-order valence-electron chi connectivity index (χ1n) is 7.92. The molecule has 1 fully saturated rings. The minimum absolute atomic E-state index is 0.0671. The average Bonchev–Trinajstić information content (AvgIpc) is 2.57. The summed E-state index contributed by atoms with van der Waals surface area (Å²) in [6, 6.07) is 15.6. The van der Waals surface area contributed by atoms with Gasteiger partial charge in [0.1, 0.15) is 0 Å². The Balaban J connectivity index is 1.66. The van der Waals surface area contributed by atoms with E-state index in [1.165, 1.54) is 5.56 Å². The van der Waals surface area contributed by atoms with E-state index in [1.54, 1.807) is 0 Å². The molecular formula is C19H21BrN2O. The molecule has 0 amide bonds. The highest BCUT2D eigenvalue weighted by Crippen LogP contribution is 2.17. The van der Waals surface area contributed by atoms with E-state index in [4.69, 9.17) is 0 Å². The predicted octanol–water partition coefficient (Wildman–Crippen LogP) is 3.43. The van der Waals surface area contributed by atoms with Crippen LogP contribution in [0.1, 0.15) is 21.5 Å². The van der Waals surface area contributed by atoms with Crippen LogP contribution in [0.2, 0.25) is 0 Å². The zero-order valence-corrected chi connectivity index (χ0v) is 14.9. The summed E-state index contributed by atoms with van der Waals surface area (Å²) in [6.07, 6.45) is 0. The van der Waals surface area contributed by atoms with Crippen molar-refractivity contribution in [3.05, 3.63) is 69.7 Å². The Morgan fingerprint density at radius 3 is 2.35 bits per heavy atom. The Labute approximate surface area is 146 Å². The number of rotatable bonds is 4. The smallest absolute Gasteiger partial charge is 0.193 e. The van der Waals surface area contributed by atoms with Crippen molar-refractivity contribution in [1.29, 1.82) is 0 Å². The van der Waals surface area contributed by atoms with Gasteiger partial charge >= 0.3 is 0 Å². The van der Waals surface area contributed by atoms with Gasteiger partial charge in [-0.2, -0.15) is 0 Å². The second-order valence-electron chi connectivity index (χ2n) is 6.12. The monoisotopic (exact) mass is 372 g/mol. The first kappa shape index (κ1) is 16.4. The molecule has 3 nitrogen and oxygen atoms in total. The Morgan fingerprint density at radius 2 is 1.70 bits per heavy atom. The Morgan fingerprint density at radius 1 is 1.00 bits per heavy atom. The normalized spacial score (nSPS) is 16.4. The van der Waals surface area contributed by atoms with Crippen molar-refractivity contribution < 1.29 is 4.79 Å². The molecule has 1 aliphatic heterocycles. The van der Waals surface area contributed by atoms with Crippen LogP contribution < -0.4 is 0 Å². The second-order valence-corrected chi connectivity index (χ2v) is 7.03.